The predicted octanol–water partition coefficient (Wildman–Crippen LogP) is 1.91. The maximum atomic E-state index is 5.96. The standard InChI is InChI=1S/C14H24N4/c1-4-11-12(8-15)14(17-16-13(11)5-2)18-7-6-10(3)9-18/h10H,4-9,15H2,1-3H3. The third kappa shape index (κ3) is 2.34. The zero-order valence-corrected chi connectivity index (χ0v) is 11.7. The van der Waals surface area contributed by atoms with Crippen LogP contribution in [0.4, 0.5) is 5.82 Å². The van der Waals surface area contributed by atoms with Crippen LogP contribution >= 0.6 is 0 Å². The summed E-state index contributed by atoms with van der Waals surface area (Å²) >= 11 is 0. The van der Waals surface area contributed by atoms with Crippen LogP contribution in [0.5, 0.6) is 0 Å². The van der Waals surface area contributed by atoms with Crippen LogP contribution in [0, 0.1) is 5.92 Å². The first-order chi connectivity index (χ1) is 8.71. The van der Waals surface area contributed by atoms with E-state index in [0.717, 1.165) is 43.4 Å². The summed E-state index contributed by atoms with van der Waals surface area (Å²) in [6.45, 7) is 9.31. The molecule has 1 unspecified atom stereocenters. The molecular formula is C14H24N4. The van der Waals surface area contributed by atoms with Gasteiger partial charge >= 0.3 is 0 Å². The van der Waals surface area contributed by atoms with E-state index in [2.05, 4.69) is 35.9 Å². The molecule has 1 aliphatic heterocycles. The molecule has 1 aromatic rings. The Morgan fingerprint density at radius 2 is 2.00 bits per heavy atom. The van der Waals surface area contributed by atoms with Gasteiger partial charge in [-0.2, -0.15) is 5.10 Å². The smallest absolute Gasteiger partial charge is 0.156 e. The van der Waals surface area contributed by atoms with Gasteiger partial charge < -0.3 is 10.6 Å². The number of rotatable bonds is 4. The normalized spacial score (nSPS) is 19.6. The lowest BCUT2D eigenvalue weighted by atomic mass is 10.0. The van der Waals surface area contributed by atoms with Crippen LogP contribution in [-0.4, -0.2) is 23.3 Å². The first-order valence-corrected chi connectivity index (χ1v) is 7.03. The summed E-state index contributed by atoms with van der Waals surface area (Å²) in [6.07, 6.45) is 3.16. The summed E-state index contributed by atoms with van der Waals surface area (Å²) in [5.41, 5.74) is 9.58. The van der Waals surface area contributed by atoms with Crippen molar-refractivity contribution in [1.82, 2.24) is 10.2 Å². The van der Waals surface area contributed by atoms with Gasteiger partial charge in [-0.25, -0.2) is 0 Å². The van der Waals surface area contributed by atoms with Crippen molar-refractivity contribution < 1.29 is 0 Å². The Labute approximate surface area is 110 Å². The number of hydrogen-bond donors (Lipinski definition) is 1. The van der Waals surface area contributed by atoms with Crippen LogP contribution in [0.3, 0.4) is 0 Å². The third-order valence-electron chi connectivity index (χ3n) is 3.86. The average Bonchev–Trinajstić information content (AvgIpc) is 2.83. The van der Waals surface area contributed by atoms with E-state index < -0.39 is 0 Å². The molecule has 1 aliphatic rings. The van der Waals surface area contributed by atoms with Gasteiger partial charge in [0.2, 0.25) is 0 Å². The second-order valence-electron chi connectivity index (χ2n) is 5.18. The van der Waals surface area contributed by atoms with E-state index in [1.54, 1.807) is 0 Å². The summed E-state index contributed by atoms with van der Waals surface area (Å²) in [5.74, 6) is 1.77. The van der Waals surface area contributed by atoms with E-state index in [1.807, 2.05) is 0 Å². The molecule has 0 bridgehead atoms. The lowest BCUT2D eigenvalue weighted by molar-refractivity contribution is 0.657. The van der Waals surface area contributed by atoms with Crippen molar-refractivity contribution in [2.24, 2.45) is 11.7 Å². The van der Waals surface area contributed by atoms with E-state index in [0.29, 0.717) is 6.54 Å². The monoisotopic (exact) mass is 248 g/mol. The maximum absolute atomic E-state index is 5.96. The van der Waals surface area contributed by atoms with Gasteiger partial charge in [-0.15, -0.1) is 5.10 Å². The fraction of sp³-hybridized carbons (Fsp3) is 0.714. The van der Waals surface area contributed by atoms with Crippen molar-refractivity contribution in [2.45, 2.75) is 46.6 Å². The van der Waals surface area contributed by atoms with E-state index in [-0.39, 0.29) is 0 Å². The molecule has 0 radical (unpaired) electrons. The minimum absolute atomic E-state index is 0.561. The molecule has 2 heterocycles. The van der Waals surface area contributed by atoms with E-state index in [9.17, 15) is 0 Å². The molecule has 1 fully saturated rings. The van der Waals surface area contributed by atoms with Crippen molar-refractivity contribution in [2.75, 3.05) is 18.0 Å². The molecule has 4 heteroatoms. The predicted molar refractivity (Wildman–Crippen MR) is 74.7 cm³/mol. The van der Waals surface area contributed by atoms with Gasteiger partial charge in [-0.1, -0.05) is 20.8 Å². The maximum Gasteiger partial charge on any atom is 0.156 e. The molecule has 0 aromatic carbocycles. The topological polar surface area (TPSA) is 55.0 Å². The first kappa shape index (κ1) is 13.3. The second kappa shape index (κ2) is 5.65. The summed E-state index contributed by atoms with van der Waals surface area (Å²) in [6, 6.07) is 0. The number of nitrogens with two attached hydrogens (primary N) is 1. The fourth-order valence-electron chi connectivity index (χ4n) is 2.84. The highest BCUT2D eigenvalue weighted by Gasteiger charge is 2.24. The minimum atomic E-state index is 0.561. The molecule has 18 heavy (non-hydrogen) atoms. The zero-order chi connectivity index (χ0) is 13.1. The molecule has 1 aromatic heterocycles. The molecule has 0 amide bonds. The van der Waals surface area contributed by atoms with Crippen LogP contribution in [0.25, 0.3) is 0 Å². The molecule has 2 rings (SSSR count). The largest absolute Gasteiger partial charge is 0.355 e. The summed E-state index contributed by atoms with van der Waals surface area (Å²) in [4.78, 5) is 2.35. The second-order valence-corrected chi connectivity index (χ2v) is 5.18. The lowest BCUT2D eigenvalue weighted by Crippen LogP contribution is -2.25. The Morgan fingerprint density at radius 3 is 2.50 bits per heavy atom. The van der Waals surface area contributed by atoms with Gasteiger partial charge in [-0.05, 0) is 30.7 Å². The Bertz CT molecular complexity index is 417. The average molecular weight is 248 g/mol. The lowest BCUT2D eigenvalue weighted by Gasteiger charge is -2.22. The Hall–Kier alpha value is -1.16. The van der Waals surface area contributed by atoms with Crippen LogP contribution in [-0.2, 0) is 19.4 Å². The van der Waals surface area contributed by atoms with Crippen LogP contribution < -0.4 is 10.6 Å². The molecule has 2 N–H and O–H groups in total. The van der Waals surface area contributed by atoms with Crippen molar-refractivity contribution in [3.63, 3.8) is 0 Å². The molecule has 1 saturated heterocycles. The van der Waals surface area contributed by atoms with E-state index >= 15 is 0 Å². The molecular weight excluding hydrogens is 224 g/mol. The molecule has 0 saturated carbocycles. The highest BCUT2D eigenvalue weighted by Crippen LogP contribution is 2.27. The molecule has 1 atom stereocenters. The SMILES string of the molecule is CCc1nnc(N2CCC(C)C2)c(CN)c1CC. The Kier molecular flexibility index (Phi) is 4.17. The zero-order valence-electron chi connectivity index (χ0n) is 11.7. The van der Waals surface area contributed by atoms with E-state index in [1.165, 1.54) is 17.5 Å². The highest BCUT2D eigenvalue weighted by atomic mass is 15.3. The summed E-state index contributed by atoms with van der Waals surface area (Å²) in [7, 11) is 0. The summed E-state index contributed by atoms with van der Waals surface area (Å²) in [5, 5.41) is 8.84. The number of aryl methyl sites for hydroxylation is 1. The van der Waals surface area contributed by atoms with Gasteiger partial charge in [0.1, 0.15) is 0 Å². The molecule has 0 spiro atoms. The Morgan fingerprint density at radius 1 is 1.22 bits per heavy atom. The van der Waals surface area contributed by atoms with Crippen molar-refractivity contribution in [3.8, 4) is 0 Å². The Balaban J connectivity index is 2.41. The molecule has 4 nitrogen and oxygen atoms in total. The van der Waals surface area contributed by atoms with Crippen LogP contribution in [0.2, 0.25) is 0 Å². The fourth-order valence-corrected chi connectivity index (χ4v) is 2.84. The number of hydrogen-bond acceptors (Lipinski definition) is 4. The van der Waals surface area contributed by atoms with Crippen LogP contribution in [0.1, 0.15) is 44.0 Å². The summed E-state index contributed by atoms with van der Waals surface area (Å²) < 4.78 is 0. The van der Waals surface area contributed by atoms with Crippen molar-refractivity contribution >= 4 is 5.82 Å². The highest BCUT2D eigenvalue weighted by molar-refractivity contribution is 5.52. The number of anilines is 1. The first-order valence-electron chi connectivity index (χ1n) is 7.03. The molecule has 0 aliphatic carbocycles. The number of nitrogens with zero attached hydrogens (tertiary/aromatic N) is 3. The van der Waals surface area contributed by atoms with Gasteiger partial charge in [0.15, 0.2) is 5.82 Å². The van der Waals surface area contributed by atoms with Gasteiger partial charge in [0.25, 0.3) is 0 Å². The van der Waals surface area contributed by atoms with Crippen molar-refractivity contribution in [3.05, 3.63) is 16.8 Å². The van der Waals surface area contributed by atoms with Gasteiger partial charge in [-0.3, -0.25) is 0 Å². The molecule has 100 valence electrons. The van der Waals surface area contributed by atoms with Crippen LogP contribution in [0.15, 0.2) is 0 Å². The quantitative estimate of drug-likeness (QED) is 0.884. The van der Waals surface area contributed by atoms with Crippen molar-refractivity contribution in [1.29, 1.82) is 0 Å². The van der Waals surface area contributed by atoms with Gasteiger partial charge in [0.05, 0.1) is 5.69 Å². The van der Waals surface area contributed by atoms with E-state index in [4.69, 9.17) is 5.73 Å². The minimum Gasteiger partial charge on any atom is -0.355 e. The number of aromatic nitrogens is 2. The third-order valence-corrected chi connectivity index (χ3v) is 3.86. The van der Waals surface area contributed by atoms with Gasteiger partial charge in [0, 0.05) is 25.2 Å².